The van der Waals surface area contributed by atoms with E-state index in [2.05, 4.69) is 42.2 Å². The Bertz CT molecular complexity index is 2550. The minimum atomic E-state index is -1.58. The minimum Gasteiger partial charge on any atom is -0.508 e. The number of benzene rings is 3. The number of unbranched alkanes of at least 4 members (excludes halogenated alkanes) is 1. The van der Waals surface area contributed by atoms with Crippen LogP contribution in [0.15, 0.2) is 85.1 Å². The average molecular weight is 1030 g/mol. The van der Waals surface area contributed by atoms with E-state index in [1.807, 2.05) is 18.2 Å². The van der Waals surface area contributed by atoms with Crippen molar-refractivity contribution in [1.29, 1.82) is 0 Å². The summed E-state index contributed by atoms with van der Waals surface area (Å²) in [4.78, 5) is 126. The molecule has 3 aromatic carbocycles. The fourth-order valence-electron chi connectivity index (χ4n) is 7.53. The number of H-pyrrole nitrogens is 1. The maximum Gasteiger partial charge on any atom is 0.305 e. The number of aromatic amines is 1. The summed E-state index contributed by atoms with van der Waals surface area (Å²) >= 11 is 0. The molecule has 1 aliphatic heterocycles. The molecule has 0 bridgehead atoms. The van der Waals surface area contributed by atoms with Crippen LogP contribution < -0.4 is 54.4 Å². The van der Waals surface area contributed by atoms with Gasteiger partial charge in [-0.15, -0.1) is 0 Å². The highest BCUT2D eigenvalue weighted by atomic mass is 33.1. The van der Waals surface area contributed by atoms with Crippen molar-refractivity contribution in [2.75, 3.05) is 18.1 Å². The van der Waals surface area contributed by atoms with E-state index < -0.39 is 108 Å². The van der Waals surface area contributed by atoms with Gasteiger partial charge in [0.25, 0.3) is 0 Å². The number of fused-ring (bicyclic) bond motifs is 1. The van der Waals surface area contributed by atoms with E-state index in [0.29, 0.717) is 29.5 Å². The number of carbonyl (C=O) groups excluding carboxylic acids is 8. The molecule has 1 aliphatic rings. The van der Waals surface area contributed by atoms with Gasteiger partial charge in [-0.3, -0.25) is 43.2 Å². The number of para-hydroxylation sites is 1. The monoisotopic (exact) mass is 1030 g/mol. The molecule has 0 spiro atoms. The van der Waals surface area contributed by atoms with Gasteiger partial charge in [0, 0.05) is 47.9 Å². The molecule has 0 unspecified atom stereocenters. The molecule has 16 N–H and O–H groups in total. The smallest absolute Gasteiger partial charge is 0.305 e. The van der Waals surface area contributed by atoms with Gasteiger partial charge in [-0.1, -0.05) is 82.3 Å². The molecule has 386 valence electrons. The highest BCUT2D eigenvalue weighted by Gasteiger charge is 2.35. The number of rotatable bonds is 17. The summed E-state index contributed by atoms with van der Waals surface area (Å²) in [5.41, 5.74) is 19.6. The molecule has 0 radical (unpaired) electrons. The zero-order chi connectivity index (χ0) is 52.3. The Kier molecular flexibility index (Phi) is 21.3. The van der Waals surface area contributed by atoms with Gasteiger partial charge in [-0.25, -0.2) is 0 Å². The number of hydrogen-bond acceptors (Lipinski definition) is 14. The molecule has 5 rings (SSSR count). The molecular weight excluding hydrogens is 971 g/mol. The Hall–Kier alpha value is -7.15. The van der Waals surface area contributed by atoms with Crippen LogP contribution in [0.2, 0.25) is 0 Å². The second-order valence-corrected chi connectivity index (χ2v) is 19.7. The van der Waals surface area contributed by atoms with E-state index >= 15 is 0 Å². The van der Waals surface area contributed by atoms with Crippen LogP contribution in [0.5, 0.6) is 5.75 Å². The lowest BCUT2D eigenvalue weighted by Crippen LogP contribution is -2.61. The van der Waals surface area contributed by atoms with Crippen LogP contribution in [0.4, 0.5) is 0 Å². The van der Waals surface area contributed by atoms with Crippen LogP contribution in [0.1, 0.15) is 49.3 Å². The summed E-state index contributed by atoms with van der Waals surface area (Å²) < 4.78 is 0. The summed E-state index contributed by atoms with van der Waals surface area (Å²) in [6.45, 7) is 1.59. The number of hydrogen-bond donors (Lipinski definition) is 13. The number of carboxylic acids is 1. The maximum absolute atomic E-state index is 14.7. The average Bonchev–Trinajstić information content (AvgIpc) is 3.76. The van der Waals surface area contributed by atoms with Crippen molar-refractivity contribution in [2.24, 2.45) is 17.2 Å². The van der Waals surface area contributed by atoms with E-state index in [1.165, 1.54) is 31.2 Å². The fourth-order valence-corrected chi connectivity index (χ4v) is 9.86. The number of aromatic nitrogens is 1. The number of primary amides is 1. The van der Waals surface area contributed by atoms with Crippen LogP contribution in [0.25, 0.3) is 10.9 Å². The lowest BCUT2D eigenvalue weighted by Gasteiger charge is -2.28. The molecule has 22 nitrogen and oxygen atoms in total. The molecule has 8 atom stereocenters. The predicted octanol–water partition coefficient (Wildman–Crippen LogP) is -0.874. The van der Waals surface area contributed by atoms with Crippen molar-refractivity contribution in [3.8, 4) is 5.75 Å². The van der Waals surface area contributed by atoms with Crippen molar-refractivity contribution in [3.05, 3.63) is 102 Å². The standard InChI is InChI=1S/C48H61N11O11S2/c1-26(41(51)63)53-47(69)38-24-71-72-25-39(58-42(64)32(50)22-40(61)62)48(70)56-35(19-27-9-3-2-4-10-27)44(66)57-37(21-29-23-52-33-12-6-5-11-31(29)33)46(68)54-34(13-7-8-18-49)43(65)55-36(45(67)59-38)20-28-14-16-30(60)17-15-28/h2-6,9-12,14-17,23,26,32,34-39,52,60H,7-8,13,18-22,24-25,49-50H2,1H3,(H2,51,63)(H,53,69)(H,54,68)(H,55,65)(H,56,70)(H,57,66)(H,58,64)(H,59,67)(H,61,62)/t26-,32-,34-,35-,36-,37-,38-,39-/m0/s1. The van der Waals surface area contributed by atoms with Crippen LogP contribution in [-0.4, -0.2) is 135 Å². The molecule has 1 aromatic heterocycles. The van der Waals surface area contributed by atoms with Gasteiger partial charge in [0.1, 0.15) is 48.0 Å². The zero-order valence-corrected chi connectivity index (χ0v) is 41.0. The lowest BCUT2D eigenvalue weighted by atomic mass is 10.0. The molecule has 0 aliphatic carbocycles. The van der Waals surface area contributed by atoms with Gasteiger partial charge in [0.15, 0.2) is 0 Å². The number of aromatic hydroxyl groups is 1. The Labute approximate surface area is 422 Å². The normalized spacial score (nSPS) is 21.6. The van der Waals surface area contributed by atoms with Crippen molar-refractivity contribution < 1.29 is 53.4 Å². The molecule has 72 heavy (non-hydrogen) atoms. The van der Waals surface area contributed by atoms with Gasteiger partial charge in [-0.2, -0.15) is 0 Å². The number of aliphatic carboxylic acids is 1. The van der Waals surface area contributed by atoms with Crippen LogP contribution >= 0.6 is 21.6 Å². The van der Waals surface area contributed by atoms with Crippen molar-refractivity contribution in [2.45, 2.75) is 100 Å². The van der Waals surface area contributed by atoms with Crippen LogP contribution in [-0.2, 0) is 62.4 Å². The second kappa shape index (κ2) is 27.5. The van der Waals surface area contributed by atoms with Crippen LogP contribution in [0, 0.1) is 0 Å². The van der Waals surface area contributed by atoms with E-state index in [9.17, 15) is 53.4 Å². The Morgan fingerprint density at radius 1 is 0.708 bits per heavy atom. The molecule has 2 heterocycles. The van der Waals surface area contributed by atoms with Gasteiger partial charge in [0.05, 0.1) is 12.5 Å². The summed E-state index contributed by atoms with van der Waals surface area (Å²) in [5, 5.41) is 38.7. The fraction of sp³-hybridized carbons (Fsp3) is 0.396. The first-order valence-corrected chi connectivity index (χ1v) is 25.6. The molecule has 0 saturated carbocycles. The zero-order valence-electron chi connectivity index (χ0n) is 39.4. The maximum atomic E-state index is 14.7. The first kappa shape index (κ1) is 55.8. The largest absolute Gasteiger partial charge is 0.508 e. The lowest BCUT2D eigenvalue weighted by molar-refractivity contribution is -0.139. The van der Waals surface area contributed by atoms with Gasteiger partial charge in [0.2, 0.25) is 47.3 Å². The highest BCUT2D eigenvalue weighted by molar-refractivity contribution is 8.76. The van der Waals surface area contributed by atoms with E-state index in [0.717, 1.165) is 32.5 Å². The number of phenolic OH excluding ortho intramolecular Hbond substituents is 1. The number of carbonyl (C=O) groups is 9. The predicted molar refractivity (Wildman–Crippen MR) is 270 cm³/mol. The van der Waals surface area contributed by atoms with Crippen LogP contribution in [0.3, 0.4) is 0 Å². The van der Waals surface area contributed by atoms with Gasteiger partial charge < -0.3 is 69.6 Å². The summed E-state index contributed by atoms with van der Waals surface area (Å²) in [5.74, 6) is -8.81. The number of phenols is 1. The molecule has 1 saturated heterocycles. The van der Waals surface area contributed by atoms with Crippen molar-refractivity contribution in [3.63, 3.8) is 0 Å². The number of nitrogens with two attached hydrogens (primary N) is 3. The first-order valence-electron chi connectivity index (χ1n) is 23.1. The Balaban J connectivity index is 1.60. The third-order valence-corrected chi connectivity index (χ3v) is 14.0. The summed E-state index contributed by atoms with van der Waals surface area (Å²) in [7, 11) is 1.92. The number of nitrogens with one attached hydrogen (secondary N) is 8. The van der Waals surface area contributed by atoms with E-state index in [-0.39, 0.29) is 49.5 Å². The summed E-state index contributed by atoms with van der Waals surface area (Å²) in [6, 6.07) is 10.6. The second-order valence-electron chi connectivity index (χ2n) is 17.2. The van der Waals surface area contributed by atoms with E-state index in [4.69, 9.17) is 17.2 Å². The van der Waals surface area contributed by atoms with Gasteiger partial charge >= 0.3 is 5.97 Å². The Morgan fingerprint density at radius 2 is 1.26 bits per heavy atom. The highest BCUT2D eigenvalue weighted by Crippen LogP contribution is 2.24. The third kappa shape index (κ3) is 17.0. The number of carboxylic acid groups (broad SMARTS) is 1. The molecular formula is C48H61N11O11S2. The molecule has 8 amide bonds. The SMILES string of the molecule is C[C@H](NC(=O)[C@@H]1CSSC[C@H](NC(=O)[C@@H](N)CC(=O)O)C(=O)N[C@@H](Cc2ccccc2)C(=O)N[C@@H](Cc2c[nH]c3ccccc23)C(=O)N[C@@H](CCCCN)C(=O)N[C@@H](Cc2ccc(O)cc2)C(=O)N1)C(N)=O. The minimum absolute atomic E-state index is 0.0376. The third-order valence-electron chi connectivity index (χ3n) is 11.6. The Morgan fingerprint density at radius 3 is 1.90 bits per heavy atom. The molecule has 24 heteroatoms. The van der Waals surface area contributed by atoms with Crippen molar-refractivity contribution >= 4 is 85.7 Å². The summed E-state index contributed by atoms with van der Waals surface area (Å²) in [6.07, 6.45) is 1.37. The topological polar surface area (TPSA) is 372 Å². The van der Waals surface area contributed by atoms with Gasteiger partial charge in [-0.05, 0) is 67.6 Å². The number of amides is 8. The van der Waals surface area contributed by atoms with E-state index in [1.54, 1.807) is 42.6 Å². The van der Waals surface area contributed by atoms with Crippen molar-refractivity contribution in [1.82, 2.24) is 42.2 Å². The molecule has 1 fully saturated rings. The quantitative estimate of drug-likeness (QED) is 0.0452. The first-order chi connectivity index (χ1) is 34.4. The molecule has 4 aromatic rings.